The Morgan fingerprint density at radius 1 is 1.00 bits per heavy atom. The quantitative estimate of drug-likeness (QED) is 0.294. The second-order valence-corrected chi connectivity index (χ2v) is 11.7. The Bertz CT molecular complexity index is 1580. The van der Waals surface area contributed by atoms with Crippen LogP contribution in [0.1, 0.15) is 49.4 Å². The molecule has 4 aromatic rings. The van der Waals surface area contributed by atoms with Crippen molar-refractivity contribution in [2.24, 2.45) is 5.73 Å². The lowest BCUT2D eigenvalue weighted by atomic mass is 9.92. The summed E-state index contributed by atoms with van der Waals surface area (Å²) < 4.78 is 28.4. The third kappa shape index (κ3) is 5.49. The Hall–Kier alpha value is -3.56. The van der Waals surface area contributed by atoms with Crippen LogP contribution in [0.4, 0.5) is 11.8 Å². The third-order valence-corrected chi connectivity index (χ3v) is 8.78. The fraction of sp³-hybridized carbons (Fsp3) is 0.345. The number of aryl methyl sites for hydroxylation is 3. The normalized spacial score (nSPS) is 17.9. The molecule has 0 aliphatic heterocycles. The fourth-order valence-corrected chi connectivity index (χ4v) is 6.38. The summed E-state index contributed by atoms with van der Waals surface area (Å²) in [5.41, 5.74) is 11.4. The van der Waals surface area contributed by atoms with Crippen molar-refractivity contribution in [1.29, 1.82) is 0 Å². The molecule has 0 unspecified atom stereocenters. The van der Waals surface area contributed by atoms with Crippen LogP contribution in [0.3, 0.4) is 0 Å². The van der Waals surface area contributed by atoms with Gasteiger partial charge in [0, 0.05) is 34.9 Å². The number of nitrogens with one attached hydrogen (secondary N) is 2. The molecule has 5 rings (SSSR count). The van der Waals surface area contributed by atoms with Gasteiger partial charge in [-0.15, -0.1) is 0 Å². The van der Waals surface area contributed by atoms with Crippen molar-refractivity contribution < 1.29 is 8.42 Å². The second kappa shape index (κ2) is 10.7. The minimum atomic E-state index is -3.74. The van der Waals surface area contributed by atoms with Gasteiger partial charge in [0.25, 0.3) is 10.0 Å². The Morgan fingerprint density at radius 2 is 1.76 bits per heavy atom. The van der Waals surface area contributed by atoms with Gasteiger partial charge in [0.1, 0.15) is 5.82 Å². The average molecular weight is 531 g/mol. The van der Waals surface area contributed by atoms with Crippen LogP contribution in [-0.2, 0) is 16.4 Å². The zero-order valence-electron chi connectivity index (χ0n) is 22.0. The number of sulfonamides is 1. The Morgan fingerprint density at radius 3 is 2.47 bits per heavy atom. The summed E-state index contributed by atoms with van der Waals surface area (Å²) in [5.74, 6) is 0.942. The number of hydrogen-bond acceptors (Lipinski definition) is 7. The van der Waals surface area contributed by atoms with E-state index in [4.69, 9.17) is 10.7 Å². The van der Waals surface area contributed by atoms with E-state index in [0.29, 0.717) is 23.6 Å². The molecule has 1 saturated carbocycles. The first-order valence-corrected chi connectivity index (χ1v) is 14.6. The topological polar surface area (TPSA) is 123 Å². The van der Waals surface area contributed by atoms with Crippen molar-refractivity contribution in [1.82, 2.24) is 15.0 Å². The molecule has 0 spiro atoms. The van der Waals surface area contributed by atoms with Gasteiger partial charge in [0.15, 0.2) is 0 Å². The minimum Gasteiger partial charge on any atom is -0.351 e. The first-order valence-electron chi connectivity index (χ1n) is 13.1. The number of rotatable bonds is 7. The van der Waals surface area contributed by atoms with E-state index in [9.17, 15) is 8.42 Å². The highest BCUT2D eigenvalue weighted by atomic mass is 32.2. The van der Waals surface area contributed by atoms with E-state index in [0.717, 1.165) is 65.4 Å². The van der Waals surface area contributed by atoms with Crippen LogP contribution in [0.5, 0.6) is 0 Å². The van der Waals surface area contributed by atoms with E-state index < -0.39 is 10.0 Å². The Balaban J connectivity index is 1.41. The van der Waals surface area contributed by atoms with E-state index in [2.05, 4.69) is 39.1 Å². The number of benzene rings is 2. The molecule has 198 valence electrons. The van der Waals surface area contributed by atoms with Crippen LogP contribution >= 0.6 is 0 Å². The summed E-state index contributed by atoms with van der Waals surface area (Å²) in [4.78, 5) is 14.3. The van der Waals surface area contributed by atoms with Gasteiger partial charge in [-0.25, -0.2) is 23.4 Å². The number of nitrogens with zero attached hydrogens (tertiary/aromatic N) is 3. The smallest absolute Gasteiger partial charge is 0.263 e. The zero-order chi connectivity index (χ0) is 26.9. The molecule has 1 fully saturated rings. The summed E-state index contributed by atoms with van der Waals surface area (Å²) in [7, 11) is -3.74. The molecule has 0 radical (unpaired) electrons. The first-order chi connectivity index (χ1) is 18.2. The van der Waals surface area contributed by atoms with Crippen LogP contribution in [0.15, 0.2) is 59.6 Å². The van der Waals surface area contributed by atoms with Crippen molar-refractivity contribution in [3.8, 4) is 11.1 Å². The SMILES string of the molecule is CCc1cc(-c2ccc(NS(=O)(=O)c3ccccc3C)nc2C)cc2cnc(N[C@H]3CC[C@H](N)CC3)nc12. The lowest BCUT2D eigenvalue weighted by Crippen LogP contribution is -2.33. The molecule has 0 atom stereocenters. The summed E-state index contributed by atoms with van der Waals surface area (Å²) in [6.45, 7) is 5.77. The van der Waals surface area contributed by atoms with Gasteiger partial charge in [-0.2, -0.15) is 0 Å². The highest BCUT2D eigenvalue weighted by Crippen LogP contribution is 2.31. The number of aromatic nitrogens is 3. The molecule has 1 aliphatic carbocycles. The fourth-order valence-electron chi connectivity index (χ4n) is 5.13. The molecule has 2 heterocycles. The minimum absolute atomic E-state index is 0.242. The summed E-state index contributed by atoms with van der Waals surface area (Å²) >= 11 is 0. The lowest BCUT2D eigenvalue weighted by Gasteiger charge is -2.26. The van der Waals surface area contributed by atoms with Crippen LogP contribution in [0, 0.1) is 13.8 Å². The predicted octanol–water partition coefficient (Wildman–Crippen LogP) is 5.35. The van der Waals surface area contributed by atoms with Crippen molar-refractivity contribution >= 4 is 32.7 Å². The molecule has 0 saturated heterocycles. The Kier molecular flexibility index (Phi) is 7.32. The molecule has 2 aromatic heterocycles. The summed E-state index contributed by atoms with van der Waals surface area (Å²) in [6, 6.07) is 15.4. The van der Waals surface area contributed by atoms with Gasteiger partial charge in [-0.1, -0.05) is 25.1 Å². The molecule has 2 aromatic carbocycles. The largest absolute Gasteiger partial charge is 0.351 e. The number of nitrogens with two attached hydrogens (primary N) is 1. The van der Waals surface area contributed by atoms with Gasteiger partial charge < -0.3 is 11.1 Å². The maximum atomic E-state index is 12.9. The van der Waals surface area contributed by atoms with Gasteiger partial charge in [-0.05, 0) is 93.0 Å². The van der Waals surface area contributed by atoms with Crippen molar-refractivity contribution in [2.45, 2.75) is 69.9 Å². The van der Waals surface area contributed by atoms with E-state index in [-0.39, 0.29) is 10.7 Å². The third-order valence-electron chi connectivity index (χ3n) is 7.27. The van der Waals surface area contributed by atoms with Crippen LogP contribution in [-0.4, -0.2) is 35.5 Å². The average Bonchev–Trinajstić information content (AvgIpc) is 2.89. The Labute approximate surface area is 224 Å². The molecular weight excluding hydrogens is 496 g/mol. The van der Waals surface area contributed by atoms with Crippen molar-refractivity contribution in [3.63, 3.8) is 0 Å². The summed E-state index contributed by atoms with van der Waals surface area (Å²) in [5, 5.41) is 4.45. The maximum absolute atomic E-state index is 12.9. The van der Waals surface area contributed by atoms with Crippen molar-refractivity contribution in [3.05, 3.63) is 71.5 Å². The van der Waals surface area contributed by atoms with E-state index >= 15 is 0 Å². The monoisotopic (exact) mass is 530 g/mol. The van der Waals surface area contributed by atoms with E-state index in [1.807, 2.05) is 25.3 Å². The number of anilines is 2. The highest BCUT2D eigenvalue weighted by Gasteiger charge is 2.20. The first kappa shape index (κ1) is 26.1. The molecule has 9 heteroatoms. The molecule has 0 bridgehead atoms. The lowest BCUT2D eigenvalue weighted by molar-refractivity contribution is 0.410. The molecule has 38 heavy (non-hydrogen) atoms. The molecule has 0 amide bonds. The van der Waals surface area contributed by atoms with E-state index in [1.54, 1.807) is 31.2 Å². The van der Waals surface area contributed by atoms with Crippen LogP contribution in [0.25, 0.3) is 22.0 Å². The molecule has 4 N–H and O–H groups in total. The molecule has 1 aliphatic rings. The van der Waals surface area contributed by atoms with Crippen LogP contribution < -0.4 is 15.8 Å². The maximum Gasteiger partial charge on any atom is 0.263 e. The van der Waals surface area contributed by atoms with Gasteiger partial charge in [0.2, 0.25) is 5.95 Å². The predicted molar refractivity (Wildman–Crippen MR) is 153 cm³/mol. The highest BCUT2D eigenvalue weighted by molar-refractivity contribution is 7.92. The number of fused-ring (bicyclic) bond motifs is 1. The van der Waals surface area contributed by atoms with E-state index in [1.165, 1.54) is 0 Å². The van der Waals surface area contributed by atoms with Gasteiger partial charge in [0.05, 0.1) is 10.4 Å². The van der Waals surface area contributed by atoms with Crippen LogP contribution in [0.2, 0.25) is 0 Å². The zero-order valence-corrected chi connectivity index (χ0v) is 22.8. The van der Waals surface area contributed by atoms with Gasteiger partial charge in [-0.3, -0.25) is 4.72 Å². The standard InChI is InChI=1S/C29H34N6O2S/c1-4-20-15-21(16-22-17-31-29(34-28(20)22)33-24-11-9-23(30)10-12-24)25-13-14-27(32-19(25)3)35-38(36,37)26-8-6-5-7-18(26)2/h5-8,13-17,23-24H,4,9-12,30H2,1-3H3,(H,32,35)(H,31,33,34)/t23-,24-. The molecule has 8 nitrogen and oxygen atoms in total. The molecular formula is C29H34N6O2S. The van der Waals surface area contributed by atoms with Crippen molar-refractivity contribution in [2.75, 3.05) is 10.0 Å². The second-order valence-electron chi connectivity index (χ2n) is 10.1. The van der Waals surface area contributed by atoms with Gasteiger partial charge >= 0.3 is 0 Å². The number of hydrogen-bond donors (Lipinski definition) is 3. The summed E-state index contributed by atoms with van der Waals surface area (Å²) in [6.07, 6.45) is 6.80. The number of pyridine rings is 1.